The Bertz CT molecular complexity index is 723. The number of nitrogens with zero attached hydrogens (tertiary/aromatic N) is 1. The van der Waals surface area contributed by atoms with Crippen molar-refractivity contribution in [3.8, 4) is 5.75 Å². The van der Waals surface area contributed by atoms with Crippen molar-refractivity contribution in [3.63, 3.8) is 0 Å². The molecule has 4 nitrogen and oxygen atoms in total. The molecule has 1 heterocycles. The van der Waals surface area contributed by atoms with Gasteiger partial charge in [0, 0.05) is 11.6 Å². The molecule has 0 saturated heterocycles. The Morgan fingerprint density at radius 3 is 2.62 bits per heavy atom. The fourth-order valence-corrected chi connectivity index (χ4v) is 2.16. The van der Waals surface area contributed by atoms with E-state index in [0.717, 1.165) is 12.1 Å². The van der Waals surface area contributed by atoms with Gasteiger partial charge in [0.2, 0.25) is 0 Å². The Labute approximate surface area is 147 Å². The van der Waals surface area contributed by atoms with Crippen molar-refractivity contribution in [3.05, 3.63) is 52.7 Å². The molecular formula is C15H13ClF3N3OS. The lowest BCUT2D eigenvalue weighted by Crippen LogP contribution is -2.28. The van der Waals surface area contributed by atoms with Crippen LogP contribution >= 0.6 is 23.8 Å². The van der Waals surface area contributed by atoms with Gasteiger partial charge in [-0.1, -0.05) is 11.6 Å². The number of pyridine rings is 1. The van der Waals surface area contributed by atoms with Crippen LogP contribution in [0.15, 0.2) is 36.5 Å². The Morgan fingerprint density at radius 1 is 1.29 bits per heavy atom. The largest absolute Gasteiger partial charge is 0.495 e. The molecule has 0 amide bonds. The monoisotopic (exact) mass is 375 g/mol. The third kappa shape index (κ3) is 4.97. The quantitative estimate of drug-likeness (QED) is 0.782. The highest BCUT2D eigenvalue weighted by molar-refractivity contribution is 7.80. The third-order valence-corrected chi connectivity index (χ3v) is 3.64. The van der Waals surface area contributed by atoms with E-state index < -0.39 is 11.7 Å². The number of rotatable bonds is 4. The molecule has 0 radical (unpaired) electrons. The minimum atomic E-state index is -4.43. The lowest BCUT2D eigenvalue weighted by Gasteiger charge is -2.13. The normalized spacial score (nSPS) is 11.0. The number of alkyl halides is 3. The summed E-state index contributed by atoms with van der Waals surface area (Å²) in [6.45, 7) is 0.0464. The Balaban J connectivity index is 1.98. The van der Waals surface area contributed by atoms with Crippen molar-refractivity contribution >= 4 is 34.7 Å². The third-order valence-electron chi connectivity index (χ3n) is 3.03. The van der Waals surface area contributed by atoms with Gasteiger partial charge < -0.3 is 15.4 Å². The van der Waals surface area contributed by atoms with Crippen LogP contribution in [0.5, 0.6) is 5.75 Å². The molecule has 9 heteroatoms. The van der Waals surface area contributed by atoms with Crippen molar-refractivity contribution in [1.82, 2.24) is 10.3 Å². The molecule has 0 bridgehead atoms. The summed E-state index contributed by atoms with van der Waals surface area (Å²) >= 11 is 11.0. The minimum Gasteiger partial charge on any atom is -0.495 e. The average Bonchev–Trinajstić information content (AvgIpc) is 2.53. The number of halogens is 4. The van der Waals surface area contributed by atoms with Gasteiger partial charge in [0.05, 0.1) is 18.9 Å². The van der Waals surface area contributed by atoms with Gasteiger partial charge >= 0.3 is 6.18 Å². The molecule has 0 aliphatic carbocycles. The van der Waals surface area contributed by atoms with Crippen molar-refractivity contribution in [2.75, 3.05) is 12.4 Å². The number of nitrogens with one attached hydrogen (secondary N) is 2. The van der Waals surface area contributed by atoms with Gasteiger partial charge in [0.15, 0.2) is 5.11 Å². The maximum atomic E-state index is 12.7. The van der Waals surface area contributed by atoms with Gasteiger partial charge in [0.1, 0.15) is 11.6 Å². The van der Waals surface area contributed by atoms with Crippen LogP contribution in [0.2, 0.25) is 5.02 Å². The summed E-state index contributed by atoms with van der Waals surface area (Å²) in [6.07, 6.45) is -2.92. The molecule has 2 aromatic rings. The van der Waals surface area contributed by atoms with E-state index in [1.807, 2.05) is 0 Å². The Kier molecular flexibility index (Phi) is 5.84. The first-order valence-corrected chi connectivity index (χ1v) is 7.48. The standard InChI is InChI=1S/C15H13ClF3N3OS/c1-23-11-3-5-13(20-8-11)22-14(24)21-7-9-6-10(15(17,18)19)2-4-12(9)16/h2-6,8H,7H2,1H3,(H2,20,21,22,24). The second-order valence-corrected chi connectivity index (χ2v) is 5.51. The van der Waals surface area contributed by atoms with Crippen LogP contribution in [-0.4, -0.2) is 17.2 Å². The van der Waals surface area contributed by atoms with Crippen LogP contribution in [0.1, 0.15) is 11.1 Å². The first-order valence-electron chi connectivity index (χ1n) is 6.70. The van der Waals surface area contributed by atoms with Gasteiger partial charge in [0.25, 0.3) is 0 Å². The highest BCUT2D eigenvalue weighted by atomic mass is 35.5. The molecule has 0 aliphatic rings. The van der Waals surface area contributed by atoms with E-state index in [4.69, 9.17) is 28.6 Å². The van der Waals surface area contributed by atoms with E-state index in [2.05, 4.69) is 15.6 Å². The second kappa shape index (κ2) is 7.67. The van der Waals surface area contributed by atoms with Crippen LogP contribution in [0, 0.1) is 0 Å². The maximum Gasteiger partial charge on any atom is 0.416 e. The maximum absolute atomic E-state index is 12.7. The van der Waals surface area contributed by atoms with Crippen molar-refractivity contribution < 1.29 is 17.9 Å². The van der Waals surface area contributed by atoms with Crippen molar-refractivity contribution in [2.24, 2.45) is 0 Å². The van der Waals surface area contributed by atoms with Gasteiger partial charge in [-0.3, -0.25) is 0 Å². The zero-order valence-corrected chi connectivity index (χ0v) is 14.0. The second-order valence-electron chi connectivity index (χ2n) is 4.69. The number of aromatic nitrogens is 1. The topological polar surface area (TPSA) is 46.2 Å². The summed E-state index contributed by atoms with van der Waals surface area (Å²) < 4.78 is 43.2. The molecule has 2 N–H and O–H groups in total. The molecule has 0 spiro atoms. The highest BCUT2D eigenvalue weighted by Gasteiger charge is 2.30. The van der Waals surface area contributed by atoms with Crippen LogP contribution in [0.25, 0.3) is 0 Å². The first-order chi connectivity index (χ1) is 11.3. The summed E-state index contributed by atoms with van der Waals surface area (Å²) in [5.41, 5.74) is -0.474. The van der Waals surface area contributed by atoms with E-state index in [0.29, 0.717) is 17.1 Å². The number of hydrogen-bond donors (Lipinski definition) is 2. The molecule has 128 valence electrons. The van der Waals surface area contributed by atoms with Crippen molar-refractivity contribution in [1.29, 1.82) is 0 Å². The fourth-order valence-electron chi connectivity index (χ4n) is 1.80. The van der Waals surface area contributed by atoms with Crippen LogP contribution in [0.3, 0.4) is 0 Å². The van der Waals surface area contributed by atoms with Crippen LogP contribution in [-0.2, 0) is 12.7 Å². The average molecular weight is 376 g/mol. The molecular weight excluding hydrogens is 363 g/mol. The molecule has 0 aliphatic heterocycles. The molecule has 0 fully saturated rings. The van der Waals surface area contributed by atoms with Crippen LogP contribution < -0.4 is 15.4 Å². The Hall–Kier alpha value is -2.06. The number of hydrogen-bond acceptors (Lipinski definition) is 3. The summed E-state index contributed by atoms with van der Waals surface area (Å²) in [7, 11) is 1.52. The lowest BCUT2D eigenvalue weighted by molar-refractivity contribution is -0.137. The number of anilines is 1. The summed E-state index contributed by atoms with van der Waals surface area (Å²) in [5, 5.41) is 6.04. The van der Waals surface area contributed by atoms with E-state index in [1.54, 1.807) is 12.1 Å². The molecule has 0 atom stereocenters. The van der Waals surface area contributed by atoms with E-state index >= 15 is 0 Å². The van der Waals surface area contributed by atoms with Crippen molar-refractivity contribution in [2.45, 2.75) is 12.7 Å². The number of benzene rings is 1. The predicted octanol–water partition coefficient (Wildman–Crippen LogP) is 4.25. The van der Waals surface area contributed by atoms with Crippen LogP contribution in [0.4, 0.5) is 19.0 Å². The smallest absolute Gasteiger partial charge is 0.416 e. The van der Waals surface area contributed by atoms with E-state index in [1.165, 1.54) is 19.4 Å². The predicted molar refractivity (Wildman–Crippen MR) is 90.3 cm³/mol. The molecule has 2 rings (SSSR count). The SMILES string of the molecule is COc1ccc(NC(=S)NCc2cc(C(F)(F)F)ccc2Cl)nc1. The molecule has 1 aromatic carbocycles. The molecule has 1 aromatic heterocycles. The summed E-state index contributed by atoms with van der Waals surface area (Å²) in [6, 6.07) is 6.49. The molecule has 0 unspecified atom stereocenters. The highest BCUT2D eigenvalue weighted by Crippen LogP contribution is 2.31. The zero-order chi connectivity index (χ0) is 17.7. The summed E-state index contributed by atoms with van der Waals surface area (Å²) in [5.74, 6) is 1.07. The van der Waals surface area contributed by atoms with E-state index in [9.17, 15) is 13.2 Å². The number of thiocarbonyl (C=S) groups is 1. The van der Waals surface area contributed by atoms with E-state index in [-0.39, 0.29) is 16.7 Å². The van der Waals surface area contributed by atoms with Gasteiger partial charge in [-0.25, -0.2) is 4.98 Å². The fraction of sp³-hybridized carbons (Fsp3) is 0.200. The molecule has 0 saturated carbocycles. The Morgan fingerprint density at radius 2 is 2.04 bits per heavy atom. The summed E-state index contributed by atoms with van der Waals surface area (Å²) in [4.78, 5) is 4.07. The van der Waals surface area contributed by atoms with Gasteiger partial charge in [-0.05, 0) is 48.1 Å². The minimum absolute atomic E-state index is 0.0464. The number of ether oxygens (including phenoxy) is 1. The van der Waals surface area contributed by atoms with Gasteiger partial charge in [-0.15, -0.1) is 0 Å². The lowest BCUT2D eigenvalue weighted by atomic mass is 10.1. The zero-order valence-electron chi connectivity index (χ0n) is 12.4. The number of methoxy groups -OCH3 is 1. The van der Waals surface area contributed by atoms with Gasteiger partial charge in [-0.2, -0.15) is 13.2 Å². The molecule has 24 heavy (non-hydrogen) atoms. The first kappa shape index (κ1) is 18.3.